The van der Waals surface area contributed by atoms with Crippen LogP contribution in [0.5, 0.6) is 0 Å². The molecule has 0 aliphatic carbocycles. The van der Waals surface area contributed by atoms with Gasteiger partial charge in [0.15, 0.2) is 0 Å². The molecule has 0 unspecified atom stereocenters. The summed E-state index contributed by atoms with van der Waals surface area (Å²) in [5.74, 6) is 0.124. The highest BCUT2D eigenvalue weighted by Crippen LogP contribution is 2.37. The summed E-state index contributed by atoms with van der Waals surface area (Å²) in [4.78, 5) is 27.8. The minimum atomic E-state index is -0.631. The average molecular weight is 658 g/mol. The van der Waals surface area contributed by atoms with Crippen molar-refractivity contribution >= 4 is 24.4 Å². The van der Waals surface area contributed by atoms with E-state index in [2.05, 4.69) is 39.8 Å². The molecule has 0 radical (unpaired) electrons. The lowest BCUT2D eigenvalue weighted by atomic mass is 9.71. The minimum Gasteiger partial charge on any atom is -0.445 e. The number of benzene rings is 4. The van der Waals surface area contributed by atoms with Crippen molar-refractivity contribution in [3.05, 3.63) is 143 Å². The van der Waals surface area contributed by atoms with E-state index in [1.807, 2.05) is 78.9 Å². The molecule has 248 valence electrons. The molecule has 1 aliphatic heterocycles. The van der Waals surface area contributed by atoms with E-state index < -0.39 is 11.5 Å². The van der Waals surface area contributed by atoms with E-state index in [-0.39, 0.29) is 37.3 Å². The molecular formula is C39H45ClFN3O3. The SMILES string of the molecule is Cl.O=C(CNC(=O)OCc1ccccc1)NCC(CCCN1CCC(Cc2ccccc2F)CC1)(c1ccccc1)c1ccccc1. The van der Waals surface area contributed by atoms with Gasteiger partial charge in [0.2, 0.25) is 5.91 Å². The van der Waals surface area contributed by atoms with E-state index >= 15 is 0 Å². The maximum absolute atomic E-state index is 14.2. The van der Waals surface area contributed by atoms with Crippen molar-refractivity contribution in [3.63, 3.8) is 0 Å². The molecule has 0 spiro atoms. The first-order valence-electron chi connectivity index (χ1n) is 16.3. The molecule has 4 aromatic carbocycles. The first-order valence-corrected chi connectivity index (χ1v) is 16.3. The van der Waals surface area contributed by atoms with Gasteiger partial charge in [-0.05, 0) is 86.0 Å². The second-order valence-corrected chi connectivity index (χ2v) is 12.2. The first kappa shape index (κ1) is 35.7. The number of halogens is 2. The molecule has 47 heavy (non-hydrogen) atoms. The molecule has 8 heteroatoms. The monoisotopic (exact) mass is 657 g/mol. The quantitative estimate of drug-likeness (QED) is 0.149. The van der Waals surface area contributed by atoms with Crippen LogP contribution < -0.4 is 10.6 Å². The van der Waals surface area contributed by atoms with Crippen molar-refractivity contribution in [2.75, 3.05) is 32.7 Å². The van der Waals surface area contributed by atoms with E-state index in [1.54, 1.807) is 12.1 Å². The lowest BCUT2D eigenvalue weighted by molar-refractivity contribution is -0.120. The fourth-order valence-corrected chi connectivity index (χ4v) is 6.49. The Morgan fingerprint density at radius 2 is 1.36 bits per heavy atom. The Bertz CT molecular complexity index is 1480. The zero-order valence-corrected chi connectivity index (χ0v) is 27.6. The van der Waals surface area contributed by atoms with Crippen molar-refractivity contribution in [1.29, 1.82) is 0 Å². The number of ether oxygens (including phenoxy) is 1. The topological polar surface area (TPSA) is 70.7 Å². The number of likely N-dealkylation sites (tertiary alicyclic amines) is 1. The zero-order chi connectivity index (χ0) is 32.0. The third kappa shape index (κ3) is 10.4. The van der Waals surface area contributed by atoms with Crippen molar-refractivity contribution in [1.82, 2.24) is 15.5 Å². The van der Waals surface area contributed by atoms with Crippen LogP contribution in [0.4, 0.5) is 9.18 Å². The number of carbonyl (C=O) groups excluding carboxylic acids is 2. The second-order valence-electron chi connectivity index (χ2n) is 12.2. The summed E-state index contributed by atoms with van der Waals surface area (Å²) < 4.78 is 19.5. The van der Waals surface area contributed by atoms with Crippen LogP contribution in [0.25, 0.3) is 0 Å². The van der Waals surface area contributed by atoms with Crippen molar-refractivity contribution < 1.29 is 18.7 Å². The number of rotatable bonds is 14. The molecule has 2 N–H and O–H groups in total. The van der Waals surface area contributed by atoms with Gasteiger partial charge in [-0.1, -0.05) is 109 Å². The molecule has 1 heterocycles. The number of carbonyl (C=O) groups is 2. The van der Waals surface area contributed by atoms with Crippen molar-refractivity contribution in [2.24, 2.45) is 5.92 Å². The van der Waals surface area contributed by atoms with Crippen molar-refractivity contribution in [2.45, 2.75) is 44.1 Å². The summed E-state index contributed by atoms with van der Waals surface area (Å²) in [6.07, 6.45) is 4.07. The maximum atomic E-state index is 14.2. The van der Waals surface area contributed by atoms with Gasteiger partial charge in [-0.15, -0.1) is 12.4 Å². The van der Waals surface area contributed by atoms with Gasteiger partial charge in [-0.25, -0.2) is 9.18 Å². The predicted molar refractivity (Wildman–Crippen MR) is 187 cm³/mol. The highest BCUT2D eigenvalue weighted by Gasteiger charge is 2.34. The number of nitrogens with zero attached hydrogens (tertiary/aromatic N) is 1. The Hall–Kier alpha value is -4.20. The Morgan fingerprint density at radius 3 is 1.98 bits per heavy atom. The molecule has 0 saturated carbocycles. The summed E-state index contributed by atoms with van der Waals surface area (Å²) in [5, 5.41) is 5.69. The summed E-state index contributed by atoms with van der Waals surface area (Å²) in [7, 11) is 0. The highest BCUT2D eigenvalue weighted by molar-refractivity contribution is 5.85. The van der Waals surface area contributed by atoms with Gasteiger partial charge in [0.05, 0.1) is 6.54 Å². The van der Waals surface area contributed by atoms with Crippen LogP contribution >= 0.6 is 12.4 Å². The molecule has 4 aromatic rings. The second kappa shape index (κ2) is 18.2. The largest absolute Gasteiger partial charge is 0.445 e. The van der Waals surface area contributed by atoms with Gasteiger partial charge in [-0.3, -0.25) is 4.79 Å². The molecule has 1 saturated heterocycles. The van der Waals surface area contributed by atoms with E-state index in [0.29, 0.717) is 12.5 Å². The zero-order valence-electron chi connectivity index (χ0n) is 26.8. The van der Waals surface area contributed by atoms with E-state index in [0.717, 1.165) is 74.0 Å². The maximum Gasteiger partial charge on any atom is 0.407 e. The Morgan fingerprint density at radius 1 is 0.787 bits per heavy atom. The van der Waals surface area contributed by atoms with Gasteiger partial charge in [0.1, 0.15) is 12.4 Å². The minimum absolute atomic E-state index is 0. The van der Waals surface area contributed by atoms with Crippen LogP contribution in [-0.4, -0.2) is 49.6 Å². The van der Waals surface area contributed by atoms with Gasteiger partial charge in [0, 0.05) is 12.0 Å². The highest BCUT2D eigenvalue weighted by atomic mass is 35.5. The summed E-state index contributed by atoms with van der Waals surface area (Å²) >= 11 is 0. The Kier molecular flexibility index (Phi) is 13.8. The van der Waals surface area contributed by atoms with Crippen LogP contribution in [-0.2, 0) is 28.0 Å². The number of alkyl carbamates (subject to hydrolysis) is 1. The smallest absolute Gasteiger partial charge is 0.407 e. The first-order chi connectivity index (χ1) is 22.5. The summed E-state index contributed by atoms with van der Waals surface area (Å²) in [6.45, 7) is 3.33. The predicted octanol–water partition coefficient (Wildman–Crippen LogP) is 7.31. The number of nitrogens with one attached hydrogen (secondary N) is 2. The fraction of sp³-hybridized carbons (Fsp3) is 0.333. The molecule has 0 atom stereocenters. The fourth-order valence-electron chi connectivity index (χ4n) is 6.49. The summed E-state index contributed by atoms with van der Waals surface area (Å²) in [5.41, 5.74) is 3.53. The molecule has 5 rings (SSSR count). The van der Waals surface area contributed by atoms with E-state index in [1.165, 1.54) is 0 Å². The third-order valence-electron chi connectivity index (χ3n) is 9.10. The molecule has 2 amide bonds. The van der Waals surface area contributed by atoms with Crippen LogP contribution in [0.1, 0.15) is 47.9 Å². The summed E-state index contributed by atoms with van der Waals surface area (Å²) in [6, 6.07) is 37.3. The van der Waals surface area contributed by atoms with Crippen LogP contribution in [0, 0.1) is 11.7 Å². The van der Waals surface area contributed by atoms with Gasteiger partial charge < -0.3 is 20.3 Å². The molecule has 1 aliphatic rings. The molecular weight excluding hydrogens is 613 g/mol. The normalized spacial score (nSPS) is 13.7. The molecule has 6 nitrogen and oxygen atoms in total. The Labute approximate surface area is 284 Å². The lowest BCUT2D eigenvalue weighted by Crippen LogP contribution is -2.45. The van der Waals surface area contributed by atoms with E-state index in [9.17, 15) is 14.0 Å². The molecule has 0 aromatic heterocycles. The number of piperidine rings is 1. The lowest BCUT2D eigenvalue weighted by Gasteiger charge is -2.37. The van der Waals surface area contributed by atoms with Gasteiger partial charge in [0.25, 0.3) is 0 Å². The third-order valence-corrected chi connectivity index (χ3v) is 9.10. The molecule has 1 fully saturated rings. The van der Waals surface area contributed by atoms with Crippen LogP contribution in [0.15, 0.2) is 115 Å². The number of hydrogen-bond acceptors (Lipinski definition) is 4. The van der Waals surface area contributed by atoms with Crippen LogP contribution in [0.2, 0.25) is 0 Å². The molecule has 0 bridgehead atoms. The van der Waals surface area contributed by atoms with Gasteiger partial charge >= 0.3 is 6.09 Å². The Balaban J connectivity index is 0.00000500. The van der Waals surface area contributed by atoms with Crippen LogP contribution in [0.3, 0.4) is 0 Å². The van der Waals surface area contributed by atoms with Crippen molar-refractivity contribution in [3.8, 4) is 0 Å². The van der Waals surface area contributed by atoms with Gasteiger partial charge in [-0.2, -0.15) is 0 Å². The average Bonchev–Trinajstić information content (AvgIpc) is 3.11. The number of amides is 2. The standard InChI is InChI=1S/C39H44FN3O3.ClH/c40-36-20-11-10-15-33(36)27-31-21-25-43(26-22-31)24-12-23-39(34-16-6-2-7-17-34,35-18-8-3-9-19-35)30-42-37(44)28-41-38(45)46-29-32-13-4-1-5-14-32;/h1-11,13-20,31H,12,21-30H2,(H,41,45)(H,42,44);1H. The number of hydrogen-bond donors (Lipinski definition) is 2. The van der Waals surface area contributed by atoms with E-state index in [4.69, 9.17) is 4.74 Å².